The van der Waals surface area contributed by atoms with Gasteiger partial charge in [-0.2, -0.15) is 0 Å². The van der Waals surface area contributed by atoms with Crippen molar-refractivity contribution in [3.05, 3.63) is 0 Å². The van der Waals surface area contributed by atoms with Crippen LogP contribution in [0.2, 0.25) is 0 Å². The second-order valence-electron chi connectivity index (χ2n) is 3.16. The lowest BCUT2D eigenvalue weighted by Gasteiger charge is -2.05. The maximum Gasteiger partial charge on any atom is 0.312 e. The minimum Gasteiger partial charge on any atom is -0.481 e. The zero-order valence-electron chi connectivity index (χ0n) is 9.06. The van der Waals surface area contributed by atoms with E-state index >= 15 is 0 Å². The SMILES string of the molecule is O=C(O)CCC(=O)NCCNC(=O)CC(=O)O. The molecule has 0 aromatic rings. The molecule has 0 heterocycles. The maximum atomic E-state index is 11.0. The minimum atomic E-state index is -1.23. The van der Waals surface area contributed by atoms with Gasteiger partial charge in [-0.25, -0.2) is 0 Å². The highest BCUT2D eigenvalue weighted by molar-refractivity contribution is 5.93. The van der Waals surface area contributed by atoms with E-state index in [2.05, 4.69) is 10.6 Å². The first-order valence-corrected chi connectivity index (χ1v) is 4.89. The average Bonchev–Trinajstić information content (AvgIpc) is 2.20. The molecule has 0 fully saturated rings. The fourth-order valence-corrected chi connectivity index (χ4v) is 0.913. The van der Waals surface area contributed by atoms with E-state index in [4.69, 9.17) is 10.2 Å². The number of rotatable bonds is 8. The van der Waals surface area contributed by atoms with Crippen LogP contribution >= 0.6 is 0 Å². The molecule has 0 atom stereocenters. The van der Waals surface area contributed by atoms with Gasteiger partial charge in [0.1, 0.15) is 6.42 Å². The smallest absolute Gasteiger partial charge is 0.312 e. The Labute approximate surface area is 97.0 Å². The molecule has 0 rings (SSSR count). The molecule has 8 nitrogen and oxygen atoms in total. The zero-order chi connectivity index (χ0) is 13.3. The van der Waals surface area contributed by atoms with Crippen LogP contribution in [-0.4, -0.2) is 47.1 Å². The van der Waals surface area contributed by atoms with Gasteiger partial charge in [0.05, 0.1) is 6.42 Å². The number of nitrogens with one attached hydrogen (secondary N) is 2. The van der Waals surface area contributed by atoms with Crippen LogP contribution in [0.3, 0.4) is 0 Å². The molecular formula is C9H14N2O6. The highest BCUT2D eigenvalue weighted by Crippen LogP contribution is 1.87. The summed E-state index contributed by atoms with van der Waals surface area (Å²) in [6.07, 6.45) is -0.997. The standard InChI is InChI=1S/C9H14N2O6/c12-6(1-2-8(14)15)10-3-4-11-7(13)5-9(16)17/h1-5H2,(H,10,12)(H,11,13)(H,14,15)(H,16,17). The molecule has 0 bridgehead atoms. The van der Waals surface area contributed by atoms with E-state index in [0.29, 0.717) is 0 Å². The van der Waals surface area contributed by atoms with Crippen molar-refractivity contribution >= 4 is 23.8 Å². The summed E-state index contributed by atoms with van der Waals surface area (Å²) in [7, 11) is 0. The maximum absolute atomic E-state index is 11.0. The molecule has 8 heteroatoms. The number of hydrogen-bond donors (Lipinski definition) is 4. The third-order valence-corrected chi connectivity index (χ3v) is 1.65. The van der Waals surface area contributed by atoms with E-state index in [1.54, 1.807) is 0 Å². The third-order valence-electron chi connectivity index (χ3n) is 1.65. The summed E-state index contributed by atoms with van der Waals surface area (Å²) in [5.74, 6) is -3.36. The zero-order valence-corrected chi connectivity index (χ0v) is 9.06. The Bertz CT molecular complexity index is 315. The third kappa shape index (κ3) is 10.2. The van der Waals surface area contributed by atoms with Gasteiger partial charge in [-0.1, -0.05) is 0 Å². The first-order valence-electron chi connectivity index (χ1n) is 4.89. The monoisotopic (exact) mass is 246 g/mol. The molecule has 0 aromatic heterocycles. The summed E-state index contributed by atoms with van der Waals surface area (Å²) in [4.78, 5) is 42.1. The Morgan fingerprint density at radius 1 is 0.765 bits per heavy atom. The topological polar surface area (TPSA) is 133 Å². The number of hydrogen-bond acceptors (Lipinski definition) is 4. The number of amides is 2. The highest BCUT2D eigenvalue weighted by Gasteiger charge is 2.07. The molecule has 0 saturated heterocycles. The quantitative estimate of drug-likeness (QED) is 0.306. The lowest BCUT2D eigenvalue weighted by Crippen LogP contribution is -2.35. The van der Waals surface area contributed by atoms with Crippen LogP contribution in [0.25, 0.3) is 0 Å². The van der Waals surface area contributed by atoms with Gasteiger partial charge in [0.25, 0.3) is 0 Å². The number of aliphatic carboxylic acids is 2. The van der Waals surface area contributed by atoms with Crippen LogP contribution in [0.5, 0.6) is 0 Å². The summed E-state index contributed by atoms with van der Waals surface area (Å²) < 4.78 is 0. The predicted octanol–water partition coefficient (Wildman–Crippen LogP) is -1.44. The van der Waals surface area contributed by atoms with E-state index in [1.165, 1.54) is 0 Å². The van der Waals surface area contributed by atoms with Crippen molar-refractivity contribution in [3.63, 3.8) is 0 Å². The molecule has 0 spiro atoms. The fraction of sp³-hybridized carbons (Fsp3) is 0.556. The normalized spacial score (nSPS) is 9.41. The summed E-state index contributed by atoms with van der Waals surface area (Å²) in [6, 6.07) is 0. The van der Waals surface area contributed by atoms with Crippen molar-refractivity contribution in [1.29, 1.82) is 0 Å². The molecule has 0 aliphatic heterocycles. The molecule has 4 N–H and O–H groups in total. The largest absolute Gasteiger partial charge is 0.481 e. The molecule has 17 heavy (non-hydrogen) atoms. The van der Waals surface area contributed by atoms with Crippen molar-refractivity contribution in [3.8, 4) is 0 Å². The number of carboxylic acids is 2. The lowest BCUT2D eigenvalue weighted by molar-refractivity contribution is -0.141. The van der Waals surface area contributed by atoms with Crippen LogP contribution in [-0.2, 0) is 19.2 Å². The highest BCUT2D eigenvalue weighted by atomic mass is 16.4. The van der Waals surface area contributed by atoms with Gasteiger partial charge in [0.15, 0.2) is 0 Å². The van der Waals surface area contributed by atoms with Gasteiger partial charge in [-0.05, 0) is 0 Å². The van der Waals surface area contributed by atoms with Crippen LogP contribution in [0, 0.1) is 0 Å². The Hall–Kier alpha value is -2.12. The van der Waals surface area contributed by atoms with Gasteiger partial charge in [0, 0.05) is 19.5 Å². The Balaban J connectivity index is 3.51. The van der Waals surface area contributed by atoms with Crippen LogP contribution in [0.15, 0.2) is 0 Å². The van der Waals surface area contributed by atoms with E-state index in [-0.39, 0.29) is 25.9 Å². The summed E-state index contributed by atoms with van der Waals surface area (Å²) in [5, 5.41) is 21.2. The predicted molar refractivity (Wildman–Crippen MR) is 55.1 cm³/mol. The van der Waals surface area contributed by atoms with Crippen molar-refractivity contribution in [2.24, 2.45) is 0 Å². The molecule has 0 unspecified atom stereocenters. The number of carbonyl (C=O) groups is 4. The minimum absolute atomic E-state index is 0.102. The van der Waals surface area contributed by atoms with E-state index in [9.17, 15) is 19.2 Å². The summed E-state index contributed by atoms with van der Waals surface area (Å²) >= 11 is 0. The molecule has 0 radical (unpaired) electrons. The van der Waals surface area contributed by atoms with Gasteiger partial charge < -0.3 is 20.8 Å². The van der Waals surface area contributed by atoms with E-state index < -0.39 is 30.2 Å². The first-order chi connectivity index (χ1) is 7.91. The van der Waals surface area contributed by atoms with Crippen molar-refractivity contribution in [2.45, 2.75) is 19.3 Å². The Morgan fingerprint density at radius 2 is 1.29 bits per heavy atom. The molecule has 0 aliphatic rings. The summed E-state index contributed by atoms with van der Waals surface area (Å²) in [5.41, 5.74) is 0. The first kappa shape index (κ1) is 14.9. The van der Waals surface area contributed by atoms with Gasteiger partial charge in [0.2, 0.25) is 11.8 Å². The molecule has 0 saturated carbocycles. The van der Waals surface area contributed by atoms with Crippen LogP contribution < -0.4 is 10.6 Å². The molecule has 0 aromatic carbocycles. The Morgan fingerprint density at radius 3 is 1.76 bits per heavy atom. The Kier molecular flexibility index (Phi) is 7.07. The van der Waals surface area contributed by atoms with E-state index in [0.717, 1.165) is 0 Å². The van der Waals surface area contributed by atoms with E-state index in [1.807, 2.05) is 0 Å². The molecule has 2 amide bonds. The van der Waals surface area contributed by atoms with Gasteiger partial charge >= 0.3 is 11.9 Å². The van der Waals surface area contributed by atoms with Crippen molar-refractivity contribution in [1.82, 2.24) is 10.6 Å². The van der Waals surface area contributed by atoms with Gasteiger partial charge in [-0.3, -0.25) is 19.2 Å². The van der Waals surface area contributed by atoms with Crippen LogP contribution in [0.1, 0.15) is 19.3 Å². The summed E-state index contributed by atoms with van der Waals surface area (Å²) in [6.45, 7) is 0.231. The fourth-order valence-electron chi connectivity index (χ4n) is 0.913. The second-order valence-corrected chi connectivity index (χ2v) is 3.16. The number of carbonyl (C=O) groups excluding carboxylic acids is 2. The molecular weight excluding hydrogens is 232 g/mol. The van der Waals surface area contributed by atoms with Gasteiger partial charge in [-0.15, -0.1) is 0 Å². The number of carboxylic acid groups (broad SMARTS) is 2. The van der Waals surface area contributed by atoms with Crippen molar-refractivity contribution < 1.29 is 29.4 Å². The van der Waals surface area contributed by atoms with Crippen LogP contribution in [0.4, 0.5) is 0 Å². The molecule has 96 valence electrons. The molecule has 0 aliphatic carbocycles. The van der Waals surface area contributed by atoms with Crippen molar-refractivity contribution in [2.75, 3.05) is 13.1 Å². The lowest BCUT2D eigenvalue weighted by atomic mass is 10.3. The average molecular weight is 246 g/mol. The second kappa shape index (κ2) is 8.08.